The lowest BCUT2D eigenvalue weighted by molar-refractivity contribution is -0.0504. The molecule has 0 N–H and O–H groups in total. The van der Waals surface area contributed by atoms with Gasteiger partial charge in [-0.3, -0.25) is 0 Å². The van der Waals surface area contributed by atoms with Gasteiger partial charge >= 0.3 is 12.6 Å². The smallest absolute Gasteiger partial charge is 0.387 e. The molecule has 0 saturated carbocycles. The first-order chi connectivity index (χ1) is 17.3. The van der Waals surface area contributed by atoms with Crippen molar-refractivity contribution < 1.29 is 36.6 Å². The Labute approximate surface area is 204 Å². The highest BCUT2D eigenvalue weighted by Gasteiger charge is 2.19. The Kier molecular flexibility index (Phi) is 7.58. The van der Waals surface area contributed by atoms with Crippen LogP contribution < -0.4 is 9.47 Å². The van der Waals surface area contributed by atoms with Crippen LogP contribution in [-0.4, -0.2) is 24.3 Å². The van der Waals surface area contributed by atoms with E-state index >= 15 is 0 Å². The number of benzene rings is 3. The Morgan fingerprint density at radius 1 is 0.917 bits per heavy atom. The molecule has 5 nitrogen and oxygen atoms in total. The maximum atomic E-state index is 14.1. The van der Waals surface area contributed by atoms with Gasteiger partial charge in [-0.1, -0.05) is 12.1 Å². The van der Waals surface area contributed by atoms with Crippen LogP contribution >= 0.6 is 0 Å². The molecule has 0 spiro atoms. The van der Waals surface area contributed by atoms with Crippen LogP contribution in [0.25, 0.3) is 5.69 Å². The molecule has 9 heteroatoms. The van der Waals surface area contributed by atoms with Crippen molar-refractivity contribution in [1.29, 1.82) is 0 Å². The molecule has 36 heavy (non-hydrogen) atoms. The lowest BCUT2D eigenvalue weighted by Crippen LogP contribution is -2.10. The fraction of sp³-hybridized carbons (Fsp3) is 0.148. The quantitative estimate of drug-likeness (QED) is 0.200. The number of hydrogen-bond donors (Lipinski definition) is 0. The van der Waals surface area contributed by atoms with Gasteiger partial charge in [-0.25, -0.2) is 13.6 Å². The molecule has 3 aromatic carbocycles. The second-order valence-electron chi connectivity index (χ2n) is 7.76. The molecule has 0 radical (unpaired) electrons. The first-order valence-corrected chi connectivity index (χ1v) is 10.8. The summed E-state index contributed by atoms with van der Waals surface area (Å²) in [5.74, 6) is -1.49. The fourth-order valence-corrected chi connectivity index (χ4v) is 3.71. The number of carbonyl (C=O) groups excluding carboxylic acids is 1. The van der Waals surface area contributed by atoms with Crippen molar-refractivity contribution in [2.45, 2.75) is 19.6 Å². The van der Waals surface area contributed by atoms with Crippen LogP contribution in [0.4, 0.5) is 17.6 Å². The van der Waals surface area contributed by atoms with Crippen molar-refractivity contribution in [3.63, 3.8) is 0 Å². The second-order valence-corrected chi connectivity index (χ2v) is 7.76. The third-order valence-electron chi connectivity index (χ3n) is 5.40. The summed E-state index contributed by atoms with van der Waals surface area (Å²) in [7, 11) is 1.14. The molecule has 0 amide bonds. The number of alkyl halides is 2. The van der Waals surface area contributed by atoms with Gasteiger partial charge in [-0.05, 0) is 66.2 Å². The van der Waals surface area contributed by atoms with Crippen molar-refractivity contribution in [1.82, 2.24) is 4.57 Å². The number of rotatable bonds is 9. The number of halogens is 4. The Balaban J connectivity index is 1.62. The van der Waals surface area contributed by atoms with Gasteiger partial charge in [0.1, 0.15) is 35.3 Å². The zero-order valence-corrected chi connectivity index (χ0v) is 19.1. The van der Waals surface area contributed by atoms with E-state index in [0.717, 1.165) is 12.7 Å². The predicted molar refractivity (Wildman–Crippen MR) is 124 cm³/mol. The third kappa shape index (κ3) is 5.86. The summed E-state index contributed by atoms with van der Waals surface area (Å²) in [4.78, 5) is 12.2. The summed E-state index contributed by atoms with van der Waals surface area (Å²) in [6.07, 6.45) is 1.98. The highest BCUT2D eigenvalue weighted by Crippen LogP contribution is 2.28. The van der Waals surface area contributed by atoms with Gasteiger partial charge in [0.15, 0.2) is 0 Å². The normalized spacial score (nSPS) is 10.9. The Morgan fingerprint density at radius 3 is 2.36 bits per heavy atom. The van der Waals surface area contributed by atoms with E-state index in [2.05, 4.69) is 4.74 Å². The van der Waals surface area contributed by atoms with Crippen molar-refractivity contribution in [3.8, 4) is 17.2 Å². The van der Waals surface area contributed by atoms with Crippen molar-refractivity contribution in [3.05, 3.63) is 113 Å². The van der Waals surface area contributed by atoms with Crippen LogP contribution in [0.5, 0.6) is 11.5 Å². The number of nitrogens with zero attached hydrogens (tertiary/aromatic N) is 1. The SMILES string of the molecule is COC(=O)c1cc(-n2cccc2Cc2cc(F)ccc2OCc2ccc(F)cc2)ccc1OC(F)F. The Bertz CT molecular complexity index is 1350. The van der Waals surface area contributed by atoms with Gasteiger partial charge in [0.2, 0.25) is 0 Å². The number of methoxy groups -OCH3 is 1. The molecule has 4 aromatic rings. The largest absolute Gasteiger partial charge is 0.489 e. The van der Waals surface area contributed by atoms with Crippen molar-refractivity contribution in [2.75, 3.05) is 7.11 Å². The average Bonchev–Trinajstić information content (AvgIpc) is 3.32. The van der Waals surface area contributed by atoms with Gasteiger partial charge in [-0.15, -0.1) is 0 Å². The number of aromatic nitrogens is 1. The maximum Gasteiger partial charge on any atom is 0.387 e. The standard InChI is InChI=1S/C27H21F4NO4/c1-34-26(33)23-15-22(9-11-25(23)36-27(30)31)32-12-2-3-21(32)14-18-13-20(29)8-10-24(18)35-16-17-4-6-19(28)7-5-17/h2-13,15,27H,14,16H2,1H3. The van der Waals surface area contributed by atoms with Gasteiger partial charge in [-0.2, -0.15) is 8.78 Å². The minimum absolute atomic E-state index is 0.161. The summed E-state index contributed by atoms with van der Waals surface area (Å²) in [5.41, 5.74) is 2.34. The maximum absolute atomic E-state index is 14.1. The van der Waals surface area contributed by atoms with Crippen LogP contribution in [0, 0.1) is 11.6 Å². The van der Waals surface area contributed by atoms with Crippen molar-refractivity contribution >= 4 is 5.97 Å². The molecule has 1 heterocycles. The van der Waals surface area contributed by atoms with Crippen LogP contribution in [0.15, 0.2) is 79.0 Å². The van der Waals surface area contributed by atoms with E-state index in [4.69, 9.17) is 9.47 Å². The molecular weight excluding hydrogens is 478 g/mol. The summed E-state index contributed by atoms with van der Waals surface area (Å²) in [6.45, 7) is -2.95. The van der Waals surface area contributed by atoms with E-state index < -0.39 is 18.4 Å². The second kappa shape index (κ2) is 11.0. The fourth-order valence-electron chi connectivity index (χ4n) is 3.71. The van der Waals surface area contributed by atoms with Gasteiger partial charge in [0, 0.05) is 29.6 Å². The number of carbonyl (C=O) groups is 1. The average molecular weight is 499 g/mol. The van der Waals surface area contributed by atoms with E-state index in [0.29, 0.717) is 22.7 Å². The van der Waals surface area contributed by atoms with Crippen LogP contribution in [-0.2, 0) is 17.8 Å². The minimum atomic E-state index is -3.11. The lowest BCUT2D eigenvalue weighted by atomic mass is 10.1. The zero-order chi connectivity index (χ0) is 25.7. The Morgan fingerprint density at radius 2 is 1.64 bits per heavy atom. The first-order valence-electron chi connectivity index (χ1n) is 10.8. The Hall–Kier alpha value is -4.27. The summed E-state index contributed by atoms with van der Waals surface area (Å²) >= 11 is 0. The molecule has 0 unspecified atom stereocenters. The van der Waals surface area contributed by atoms with Crippen LogP contribution in [0.2, 0.25) is 0 Å². The van der Waals surface area contributed by atoms with Crippen LogP contribution in [0.3, 0.4) is 0 Å². The van der Waals surface area contributed by atoms with E-state index in [-0.39, 0.29) is 30.2 Å². The molecule has 1 aromatic heterocycles. The van der Waals surface area contributed by atoms with E-state index in [1.165, 1.54) is 48.5 Å². The van der Waals surface area contributed by atoms with E-state index in [1.807, 2.05) is 0 Å². The summed E-state index contributed by atoms with van der Waals surface area (Å²) < 4.78 is 69.6. The monoisotopic (exact) mass is 499 g/mol. The molecule has 0 atom stereocenters. The zero-order valence-electron chi connectivity index (χ0n) is 19.1. The summed E-state index contributed by atoms with van der Waals surface area (Å²) in [6, 6.07) is 17.7. The van der Waals surface area contributed by atoms with E-state index in [9.17, 15) is 22.4 Å². The highest BCUT2D eigenvalue weighted by molar-refractivity contribution is 5.93. The predicted octanol–water partition coefficient (Wildman–Crippen LogP) is 6.31. The number of ether oxygens (including phenoxy) is 3. The summed E-state index contributed by atoms with van der Waals surface area (Å²) in [5, 5.41) is 0. The molecule has 0 bridgehead atoms. The number of esters is 1. The molecule has 4 rings (SSSR count). The van der Waals surface area contributed by atoms with E-state index in [1.54, 1.807) is 35.0 Å². The molecule has 0 saturated heterocycles. The molecule has 186 valence electrons. The minimum Gasteiger partial charge on any atom is -0.489 e. The number of hydrogen-bond acceptors (Lipinski definition) is 4. The first kappa shape index (κ1) is 24.8. The molecule has 0 fully saturated rings. The molecule has 0 aliphatic rings. The highest BCUT2D eigenvalue weighted by atomic mass is 19.3. The van der Waals surface area contributed by atoms with Crippen molar-refractivity contribution in [2.24, 2.45) is 0 Å². The lowest BCUT2D eigenvalue weighted by Gasteiger charge is -2.15. The molecular formula is C27H21F4NO4. The molecule has 0 aliphatic carbocycles. The third-order valence-corrected chi connectivity index (χ3v) is 5.40. The van der Waals surface area contributed by atoms with Gasteiger partial charge in [0.25, 0.3) is 0 Å². The van der Waals surface area contributed by atoms with Gasteiger partial charge in [0.05, 0.1) is 7.11 Å². The molecule has 0 aliphatic heterocycles. The van der Waals surface area contributed by atoms with Gasteiger partial charge < -0.3 is 18.8 Å². The topological polar surface area (TPSA) is 49.7 Å². The van der Waals surface area contributed by atoms with Crippen LogP contribution in [0.1, 0.15) is 27.2 Å².